The van der Waals surface area contributed by atoms with Gasteiger partial charge in [-0.15, -0.1) is 0 Å². The minimum Gasteiger partial charge on any atom is -0.380 e. The summed E-state index contributed by atoms with van der Waals surface area (Å²) >= 11 is 5.86. The molecule has 0 fully saturated rings. The lowest BCUT2D eigenvalue weighted by Gasteiger charge is -2.16. The number of halogens is 1. The Bertz CT molecular complexity index is 974. The monoisotopic (exact) mass is 369 g/mol. The fourth-order valence-corrected chi connectivity index (χ4v) is 2.81. The highest BCUT2D eigenvalue weighted by molar-refractivity contribution is 6.30. The molecule has 6 heteroatoms. The highest BCUT2D eigenvalue weighted by Crippen LogP contribution is 2.22. The van der Waals surface area contributed by atoms with E-state index >= 15 is 0 Å². The Labute approximate surface area is 156 Å². The summed E-state index contributed by atoms with van der Waals surface area (Å²) in [7, 11) is 3.99. The molecule has 0 bridgehead atoms. The van der Waals surface area contributed by atoms with Gasteiger partial charge in [0, 0.05) is 37.0 Å². The zero-order valence-corrected chi connectivity index (χ0v) is 15.4. The predicted molar refractivity (Wildman–Crippen MR) is 109 cm³/mol. The van der Waals surface area contributed by atoms with Gasteiger partial charge in [0.15, 0.2) is 0 Å². The lowest BCUT2D eigenvalue weighted by Crippen LogP contribution is -2.37. The average molecular weight is 370 g/mol. The van der Waals surface area contributed by atoms with E-state index in [9.17, 15) is 9.59 Å². The van der Waals surface area contributed by atoms with Crippen LogP contribution in [0, 0.1) is 0 Å². The first-order chi connectivity index (χ1) is 12.5. The van der Waals surface area contributed by atoms with Crippen LogP contribution in [0.3, 0.4) is 0 Å². The van der Waals surface area contributed by atoms with Crippen LogP contribution in [0.4, 0.5) is 22.7 Å². The third-order valence-corrected chi connectivity index (χ3v) is 4.42. The van der Waals surface area contributed by atoms with Crippen molar-refractivity contribution in [3.8, 4) is 0 Å². The van der Waals surface area contributed by atoms with Gasteiger partial charge in [0.05, 0.1) is 0 Å². The number of rotatable bonds is 7. The Hall–Kier alpha value is -2.79. The molecule has 0 aliphatic heterocycles. The standard InChI is InChI=1S/C20H20ClN3O2/c1-24(2)16-5-3-4-13(12-16)10-11-22-17-18(20(26)19(17)25)23-15-8-6-14(21)7-9-15/h3-9,12,22-23H,10-11H2,1-2H3. The Kier molecular flexibility index (Phi) is 5.28. The Morgan fingerprint density at radius 1 is 0.962 bits per heavy atom. The second kappa shape index (κ2) is 7.62. The maximum atomic E-state index is 11.9. The lowest BCUT2D eigenvalue weighted by molar-refractivity contribution is 1.01. The van der Waals surface area contributed by atoms with Crippen molar-refractivity contribution in [2.45, 2.75) is 6.42 Å². The SMILES string of the molecule is CN(C)c1cccc(CCNc2c(Nc3ccc(Cl)cc3)c(=O)c2=O)c1. The first-order valence-corrected chi connectivity index (χ1v) is 8.69. The maximum Gasteiger partial charge on any atom is 0.253 e. The van der Waals surface area contributed by atoms with E-state index in [0.29, 0.717) is 28.6 Å². The summed E-state index contributed by atoms with van der Waals surface area (Å²) in [6.07, 6.45) is 0.751. The number of nitrogens with one attached hydrogen (secondary N) is 2. The molecule has 3 aromatic carbocycles. The zero-order valence-electron chi connectivity index (χ0n) is 14.7. The number of hydrogen-bond acceptors (Lipinski definition) is 5. The van der Waals surface area contributed by atoms with Crippen LogP contribution in [0.5, 0.6) is 0 Å². The normalized spacial score (nSPS) is 10.7. The predicted octanol–water partition coefficient (Wildman–Crippen LogP) is 3.40. The topological polar surface area (TPSA) is 61.4 Å². The molecule has 2 N–H and O–H groups in total. The van der Waals surface area contributed by atoms with Gasteiger partial charge in [-0.25, -0.2) is 0 Å². The Morgan fingerprint density at radius 2 is 1.65 bits per heavy atom. The first kappa shape index (κ1) is 18.0. The molecule has 3 rings (SSSR count). The summed E-state index contributed by atoms with van der Waals surface area (Å²) in [5.41, 5.74) is 2.66. The molecule has 0 saturated heterocycles. The second-order valence-corrected chi connectivity index (χ2v) is 6.72. The first-order valence-electron chi connectivity index (χ1n) is 8.32. The quantitative estimate of drug-likeness (QED) is 0.625. The van der Waals surface area contributed by atoms with E-state index in [1.807, 2.05) is 37.2 Å². The van der Waals surface area contributed by atoms with Crippen LogP contribution < -0.4 is 26.4 Å². The molecule has 0 aliphatic carbocycles. The van der Waals surface area contributed by atoms with Crippen LogP contribution in [0.15, 0.2) is 58.1 Å². The fraction of sp³-hybridized carbons (Fsp3) is 0.200. The van der Waals surface area contributed by atoms with Crippen LogP contribution in [0.1, 0.15) is 5.56 Å². The fourth-order valence-electron chi connectivity index (χ4n) is 2.68. The van der Waals surface area contributed by atoms with Gasteiger partial charge in [-0.3, -0.25) is 9.59 Å². The van der Waals surface area contributed by atoms with E-state index in [1.54, 1.807) is 24.3 Å². The molecule has 0 aromatic heterocycles. The van der Waals surface area contributed by atoms with E-state index in [0.717, 1.165) is 17.7 Å². The summed E-state index contributed by atoms with van der Waals surface area (Å²) in [5, 5.41) is 6.69. The summed E-state index contributed by atoms with van der Waals surface area (Å²) < 4.78 is 0. The second-order valence-electron chi connectivity index (χ2n) is 6.28. The molecule has 134 valence electrons. The number of benzene rings is 2. The van der Waals surface area contributed by atoms with Gasteiger partial charge in [-0.2, -0.15) is 0 Å². The molecular formula is C20H20ClN3O2. The van der Waals surface area contributed by atoms with Gasteiger partial charge in [0.25, 0.3) is 10.9 Å². The van der Waals surface area contributed by atoms with E-state index in [2.05, 4.69) is 16.7 Å². The molecule has 0 saturated carbocycles. The molecule has 0 aliphatic rings. The van der Waals surface area contributed by atoms with Gasteiger partial charge in [0.2, 0.25) is 0 Å². The van der Waals surface area contributed by atoms with Crippen molar-refractivity contribution in [1.29, 1.82) is 0 Å². The van der Waals surface area contributed by atoms with Crippen molar-refractivity contribution in [2.75, 3.05) is 36.2 Å². The summed E-state index contributed by atoms with van der Waals surface area (Å²) in [4.78, 5) is 25.8. The third kappa shape index (κ3) is 3.89. The largest absolute Gasteiger partial charge is 0.380 e. The van der Waals surface area contributed by atoms with Crippen molar-refractivity contribution < 1.29 is 0 Å². The molecular weight excluding hydrogens is 350 g/mol. The van der Waals surface area contributed by atoms with Gasteiger partial charge < -0.3 is 15.5 Å². The highest BCUT2D eigenvalue weighted by atomic mass is 35.5. The van der Waals surface area contributed by atoms with Crippen LogP contribution in [0.2, 0.25) is 5.02 Å². The van der Waals surface area contributed by atoms with Gasteiger partial charge >= 0.3 is 0 Å². The number of hydrogen-bond donors (Lipinski definition) is 2. The summed E-state index contributed by atoms with van der Waals surface area (Å²) in [6, 6.07) is 15.2. The van der Waals surface area contributed by atoms with Gasteiger partial charge in [0.1, 0.15) is 11.4 Å². The molecule has 0 spiro atoms. The van der Waals surface area contributed by atoms with Crippen LogP contribution >= 0.6 is 11.6 Å². The van der Waals surface area contributed by atoms with Crippen molar-refractivity contribution in [3.63, 3.8) is 0 Å². The average Bonchev–Trinajstić information content (AvgIpc) is 2.65. The van der Waals surface area contributed by atoms with Gasteiger partial charge in [-0.1, -0.05) is 23.7 Å². The maximum absolute atomic E-state index is 11.9. The van der Waals surface area contributed by atoms with Crippen LogP contribution in [0.25, 0.3) is 0 Å². The Morgan fingerprint density at radius 3 is 2.35 bits per heavy atom. The molecule has 0 amide bonds. The van der Waals surface area contributed by atoms with E-state index < -0.39 is 10.9 Å². The summed E-state index contributed by atoms with van der Waals surface area (Å²) in [6.45, 7) is 0.567. The molecule has 26 heavy (non-hydrogen) atoms. The Balaban J connectivity index is 1.65. The molecule has 3 aromatic rings. The lowest BCUT2D eigenvalue weighted by atomic mass is 10.1. The van der Waals surface area contributed by atoms with Crippen LogP contribution in [-0.4, -0.2) is 20.6 Å². The van der Waals surface area contributed by atoms with E-state index in [1.165, 1.54) is 0 Å². The van der Waals surface area contributed by atoms with Gasteiger partial charge in [-0.05, 0) is 48.4 Å². The number of nitrogens with zero attached hydrogens (tertiary/aromatic N) is 1. The highest BCUT2D eigenvalue weighted by Gasteiger charge is 2.20. The third-order valence-electron chi connectivity index (χ3n) is 4.17. The van der Waals surface area contributed by atoms with E-state index in [4.69, 9.17) is 11.6 Å². The molecule has 0 radical (unpaired) electrons. The van der Waals surface area contributed by atoms with Crippen molar-refractivity contribution in [3.05, 3.63) is 79.6 Å². The minimum absolute atomic E-state index is 0.305. The zero-order chi connectivity index (χ0) is 18.7. The molecule has 0 unspecified atom stereocenters. The smallest absolute Gasteiger partial charge is 0.253 e. The molecule has 0 heterocycles. The van der Waals surface area contributed by atoms with Crippen molar-refractivity contribution in [2.24, 2.45) is 0 Å². The van der Waals surface area contributed by atoms with E-state index in [-0.39, 0.29) is 0 Å². The van der Waals surface area contributed by atoms with Crippen molar-refractivity contribution >= 4 is 34.4 Å². The van der Waals surface area contributed by atoms with Crippen LogP contribution in [-0.2, 0) is 6.42 Å². The summed E-state index contributed by atoms with van der Waals surface area (Å²) in [5.74, 6) is 0. The van der Waals surface area contributed by atoms with Crippen molar-refractivity contribution in [1.82, 2.24) is 0 Å². The molecule has 5 nitrogen and oxygen atoms in total. The minimum atomic E-state index is -0.503. The number of anilines is 4. The molecule has 0 atom stereocenters.